The van der Waals surface area contributed by atoms with E-state index in [1.54, 1.807) is 13.0 Å². The van der Waals surface area contributed by atoms with Gasteiger partial charge in [0.15, 0.2) is 6.04 Å². The largest absolute Gasteiger partial charge is 0.508 e. The van der Waals surface area contributed by atoms with Crippen LogP contribution in [0.3, 0.4) is 0 Å². The van der Waals surface area contributed by atoms with Crippen molar-refractivity contribution in [2.75, 3.05) is 0 Å². The molecule has 8 nitrogen and oxygen atoms in total. The molecule has 0 aliphatic carbocycles. The van der Waals surface area contributed by atoms with Gasteiger partial charge in [-0.2, -0.15) is 0 Å². The van der Waals surface area contributed by atoms with Gasteiger partial charge in [0.05, 0.1) is 12.0 Å². The van der Waals surface area contributed by atoms with Crippen molar-refractivity contribution in [1.82, 2.24) is 5.32 Å². The van der Waals surface area contributed by atoms with E-state index in [9.17, 15) is 29.7 Å². The van der Waals surface area contributed by atoms with Gasteiger partial charge in [-0.1, -0.05) is 12.1 Å². The van der Waals surface area contributed by atoms with Gasteiger partial charge in [-0.15, -0.1) is 0 Å². The Labute approximate surface area is 158 Å². The lowest BCUT2D eigenvalue weighted by molar-refractivity contribution is -0.142. The van der Waals surface area contributed by atoms with E-state index in [1.165, 1.54) is 36.4 Å². The number of fused-ring (bicyclic) bond motifs is 1. The van der Waals surface area contributed by atoms with Crippen molar-refractivity contribution in [3.05, 3.63) is 69.6 Å². The Balaban J connectivity index is 1.87. The molecule has 0 aliphatic rings. The maximum Gasteiger partial charge on any atom is 0.340 e. The number of phenolic OH excluding ortho intramolecular Hbond substituents is 2. The molecule has 0 radical (unpaired) electrons. The van der Waals surface area contributed by atoms with Crippen LogP contribution in [0, 0.1) is 6.92 Å². The smallest absolute Gasteiger partial charge is 0.340 e. The second-order valence-corrected chi connectivity index (χ2v) is 6.28. The van der Waals surface area contributed by atoms with E-state index in [1.807, 2.05) is 0 Å². The lowest BCUT2D eigenvalue weighted by Gasteiger charge is -2.15. The minimum absolute atomic E-state index is 0.0327. The second kappa shape index (κ2) is 7.43. The van der Waals surface area contributed by atoms with Crippen LogP contribution >= 0.6 is 0 Å². The zero-order valence-corrected chi connectivity index (χ0v) is 14.8. The highest BCUT2D eigenvalue weighted by molar-refractivity contribution is 5.88. The predicted molar refractivity (Wildman–Crippen MR) is 99.2 cm³/mol. The van der Waals surface area contributed by atoms with E-state index in [-0.39, 0.29) is 34.6 Å². The van der Waals surface area contributed by atoms with Crippen molar-refractivity contribution < 1.29 is 29.3 Å². The summed E-state index contributed by atoms with van der Waals surface area (Å²) in [5, 5.41) is 31.2. The van der Waals surface area contributed by atoms with Gasteiger partial charge in [-0.25, -0.2) is 9.59 Å². The van der Waals surface area contributed by atoms with E-state index in [0.29, 0.717) is 10.9 Å². The molecule has 1 atom stereocenters. The number of carbonyl (C=O) groups excluding carboxylic acids is 1. The summed E-state index contributed by atoms with van der Waals surface area (Å²) >= 11 is 0. The Bertz CT molecular complexity index is 1120. The average Bonchev–Trinajstić information content (AvgIpc) is 2.63. The quantitative estimate of drug-likeness (QED) is 0.495. The highest BCUT2D eigenvalue weighted by atomic mass is 16.4. The summed E-state index contributed by atoms with van der Waals surface area (Å²) < 4.78 is 5.17. The van der Waals surface area contributed by atoms with E-state index in [0.717, 1.165) is 0 Å². The van der Waals surface area contributed by atoms with Crippen LogP contribution in [0.25, 0.3) is 11.0 Å². The van der Waals surface area contributed by atoms with Crippen molar-refractivity contribution >= 4 is 22.8 Å². The van der Waals surface area contributed by atoms with Crippen LogP contribution in [-0.2, 0) is 16.0 Å². The summed E-state index contributed by atoms with van der Waals surface area (Å²) in [6, 6.07) is 8.37. The Kier molecular flexibility index (Phi) is 5.04. The highest BCUT2D eigenvalue weighted by Gasteiger charge is 2.23. The molecule has 0 fully saturated rings. The number of benzene rings is 2. The first kappa shape index (κ1) is 19.0. The molecule has 0 spiro atoms. The molecule has 4 N–H and O–H groups in total. The number of nitrogens with one attached hydrogen (secondary N) is 1. The van der Waals surface area contributed by atoms with Gasteiger partial charge in [-0.05, 0) is 42.3 Å². The second-order valence-electron chi connectivity index (χ2n) is 6.28. The number of hydrogen-bond donors (Lipinski definition) is 4. The minimum atomic E-state index is -1.34. The summed E-state index contributed by atoms with van der Waals surface area (Å²) in [7, 11) is 0. The molecular weight excluding hydrogens is 366 g/mol. The molecule has 0 unspecified atom stereocenters. The van der Waals surface area contributed by atoms with Crippen LogP contribution in [0.1, 0.15) is 22.7 Å². The van der Waals surface area contributed by atoms with Gasteiger partial charge in [-0.3, -0.25) is 4.79 Å². The Hall–Kier alpha value is -3.81. The summed E-state index contributed by atoms with van der Waals surface area (Å²) in [4.78, 5) is 36.2. The van der Waals surface area contributed by atoms with Crippen LogP contribution < -0.4 is 10.9 Å². The van der Waals surface area contributed by atoms with Gasteiger partial charge in [0, 0.05) is 11.5 Å². The lowest BCUT2D eigenvalue weighted by atomic mass is 10.0. The molecule has 1 amide bonds. The molecule has 8 heteroatoms. The fourth-order valence-corrected chi connectivity index (χ4v) is 2.91. The zero-order chi connectivity index (χ0) is 20.4. The maximum absolute atomic E-state index is 12.4. The molecule has 3 aromatic rings. The van der Waals surface area contributed by atoms with Crippen molar-refractivity contribution in [1.29, 1.82) is 0 Å². The van der Waals surface area contributed by atoms with Gasteiger partial charge in [0.1, 0.15) is 17.1 Å². The Morgan fingerprint density at radius 1 is 1.07 bits per heavy atom. The van der Waals surface area contributed by atoms with Crippen LogP contribution in [-0.4, -0.2) is 27.2 Å². The summed E-state index contributed by atoms with van der Waals surface area (Å²) in [6.45, 7) is 1.65. The number of carboxylic acids is 1. The first-order valence-electron chi connectivity index (χ1n) is 8.32. The Morgan fingerprint density at radius 3 is 2.36 bits per heavy atom. The van der Waals surface area contributed by atoms with Crippen LogP contribution in [0.2, 0.25) is 0 Å². The van der Waals surface area contributed by atoms with Crippen molar-refractivity contribution in [3.8, 4) is 11.5 Å². The standard InChI is InChI=1S/C20H17NO7/c1-10-14-7-6-13(23)8-16(14)28-20(27)15(10)9-17(24)21-18(19(25)26)11-2-4-12(22)5-3-11/h2-8,18,22-23H,9H2,1H3,(H,21,24)(H,25,26)/t18-/m1/s1. The molecule has 28 heavy (non-hydrogen) atoms. The molecule has 3 rings (SSSR count). The number of rotatable bonds is 5. The monoisotopic (exact) mass is 383 g/mol. The molecule has 1 aromatic heterocycles. The van der Waals surface area contributed by atoms with E-state index in [2.05, 4.69) is 5.32 Å². The molecule has 0 saturated carbocycles. The number of carboxylic acid groups (broad SMARTS) is 1. The number of carbonyl (C=O) groups is 2. The fraction of sp³-hybridized carbons (Fsp3) is 0.150. The Morgan fingerprint density at radius 2 is 1.71 bits per heavy atom. The molecule has 144 valence electrons. The predicted octanol–water partition coefficient (Wildman–Crippen LogP) is 2.00. The van der Waals surface area contributed by atoms with Gasteiger partial charge in [0.2, 0.25) is 5.91 Å². The van der Waals surface area contributed by atoms with Crippen molar-refractivity contribution in [2.45, 2.75) is 19.4 Å². The van der Waals surface area contributed by atoms with E-state index >= 15 is 0 Å². The number of phenols is 2. The number of amides is 1. The summed E-state index contributed by atoms with van der Waals surface area (Å²) in [6.07, 6.45) is -0.368. The fourth-order valence-electron chi connectivity index (χ4n) is 2.91. The first-order valence-corrected chi connectivity index (χ1v) is 8.32. The summed E-state index contributed by atoms with van der Waals surface area (Å²) in [5.74, 6) is -2.04. The third kappa shape index (κ3) is 3.80. The highest BCUT2D eigenvalue weighted by Crippen LogP contribution is 2.24. The normalized spacial score (nSPS) is 11.9. The molecule has 0 saturated heterocycles. The van der Waals surface area contributed by atoms with Gasteiger partial charge < -0.3 is 25.1 Å². The third-order valence-electron chi connectivity index (χ3n) is 4.39. The number of aryl methyl sites for hydroxylation is 1. The van der Waals surface area contributed by atoms with Gasteiger partial charge >= 0.3 is 11.6 Å². The first-order chi connectivity index (χ1) is 13.3. The van der Waals surface area contributed by atoms with Crippen LogP contribution in [0.15, 0.2) is 51.7 Å². The molecule has 0 bridgehead atoms. The molecule has 1 heterocycles. The average molecular weight is 383 g/mol. The van der Waals surface area contributed by atoms with Gasteiger partial charge in [0.25, 0.3) is 0 Å². The van der Waals surface area contributed by atoms with Crippen molar-refractivity contribution in [3.63, 3.8) is 0 Å². The maximum atomic E-state index is 12.4. The van der Waals surface area contributed by atoms with E-state index < -0.39 is 23.5 Å². The number of aromatic hydroxyl groups is 2. The van der Waals surface area contributed by atoms with Crippen LogP contribution in [0.5, 0.6) is 11.5 Å². The zero-order valence-electron chi connectivity index (χ0n) is 14.8. The number of aliphatic carboxylic acids is 1. The minimum Gasteiger partial charge on any atom is -0.508 e. The lowest BCUT2D eigenvalue weighted by Crippen LogP contribution is -2.35. The SMILES string of the molecule is Cc1c(CC(=O)N[C@@H](C(=O)O)c2ccc(O)cc2)c(=O)oc2cc(O)ccc12. The molecular formula is C20H17NO7. The summed E-state index contributed by atoms with van der Waals surface area (Å²) in [5.41, 5.74) is 0.348. The topological polar surface area (TPSA) is 137 Å². The van der Waals surface area contributed by atoms with E-state index in [4.69, 9.17) is 4.42 Å². The molecule has 2 aromatic carbocycles. The third-order valence-corrected chi connectivity index (χ3v) is 4.39. The van der Waals surface area contributed by atoms with Crippen LogP contribution in [0.4, 0.5) is 0 Å². The molecule has 0 aliphatic heterocycles. The number of hydrogen-bond acceptors (Lipinski definition) is 6. The van der Waals surface area contributed by atoms with Crippen molar-refractivity contribution in [2.24, 2.45) is 0 Å².